The highest BCUT2D eigenvalue weighted by atomic mass is 32.2. The number of benzene rings is 2. The third kappa shape index (κ3) is 4.50. The highest BCUT2D eigenvalue weighted by Crippen LogP contribution is 2.29. The molecular formula is C21H22N4O5S. The molecule has 1 N–H and O–H groups in total. The summed E-state index contributed by atoms with van der Waals surface area (Å²) in [5.41, 5.74) is 1.93. The molecular weight excluding hydrogens is 420 g/mol. The second-order valence-electron chi connectivity index (χ2n) is 7.12. The Balaban J connectivity index is 1.52. The number of pyridine rings is 1. The summed E-state index contributed by atoms with van der Waals surface area (Å²) in [6, 6.07) is 13.7. The predicted molar refractivity (Wildman–Crippen MR) is 117 cm³/mol. The second-order valence-corrected chi connectivity index (χ2v) is 9.06. The van der Waals surface area contributed by atoms with Crippen LogP contribution in [-0.2, 0) is 21.2 Å². The number of nitro benzene ring substituents is 1. The van der Waals surface area contributed by atoms with Crippen LogP contribution in [0, 0.1) is 10.1 Å². The van der Waals surface area contributed by atoms with Gasteiger partial charge < -0.3 is 10.1 Å². The number of sulfonamides is 1. The number of fused-ring (bicyclic) bond motifs is 1. The molecule has 1 saturated heterocycles. The van der Waals surface area contributed by atoms with E-state index < -0.39 is 14.9 Å². The van der Waals surface area contributed by atoms with Crippen LogP contribution in [0.25, 0.3) is 10.9 Å². The van der Waals surface area contributed by atoms with Crippen molar-refractivity contribution < 1.29 is 18.1 Å². The summed E-state index contributed by atoms with van der Waals surface area (Å²) in [5, 5.41) is 15.7. The highest BCUT2D eigenvalue weighted by molar-refractivity contribution is 7.89. The van der Waals surface area contributed by atoms with E-state index in [1.165, 1.54) is 16.4 Å². The molecule has 31 heavy (non-hydrogen) atoms. The lowest BCUT2D eigenvalue weighted by molar-refractivity contribution is -0.384. The molecule has 0 radical (unpaired) electrons. The van der Waals surface area contributed by atoms with Gasteiger partial charge in [-0.15, -0.1) is 0 Å². The van der Waals surface area contributed by atoms with Crippen LogP contribution >= 0.6 is 0 Å². The number of ether oxygens (including phenoxy) is 1. The van der Waals surface area contributed by atoms with Crippen molar-refractivity contribution >= 4 is 32.3 Å². The first-order chi connectivity index (χ1) is 15.0. The van der Waals surface area contributed by atoms with Crippen LogP contribution in [0.3, 0.4) is 0 Å². The first-order valence-corrected chi connectivity index (χ1v) is 11.3. The van der Waals surface area contributed by atoms with Crippen LogP contribution in [0.4, 0.5) is 11.4 Å². The van der Waals surface area contributed by atoms with Gasteiger partial charge >= 0.3 is 0 Å². The van der Waals surface area contributed by atoms with E-state index in [2.05, 4.69) is 10.3 Å². The number of rotatable bonds is 7. The van der Waals surface area contributed by atoms with Gasteiger partial charge in [-0.05, 0) is 30.2 Å². The largest absolute Gasteiger partial charge is 0.379 e. The van der Waals surface area contributed by atoms with Crippen LogP contribution in [0.2, 0.25) is 0 Å². The van der Waals surface area contributed by atoms with Gasteiger partial charge in [-0.25, -0.2) is 8.42 Å². The number of para-hydroxylation sites is 1. The van der Waals surface area contributed by atoms with Gasteiger partial charge in [0.2, 0.25) is 10.0 Å². The van der Waals surface area contributed by atoms with Crippen LogP contribution < -0.4 is 5.32 Å². The minimum Gasteiger partial charge on any atom is -0.379 e. The molecule has 1 aromatic heterocycles. The number of hydrogen-bond donors (Lipinski definition) is 1. The zero-order valence-electron chi connectivity index (χ0n) is 16.7. The Bertz CT molecular complexity index is 1200. The Morgan fingerprint density at radius 2 is 1.90 bits per heavy atom. The average molecular weight is 442 g/mol. The molecule has 0 atom stereocenters. The van der Waals surface area contributed by atoms with Gasteiger partial charge in [-0.1, -0.05) is 24.3 Å². The highest BCUT2D eigenvalue weighted by Gasteiger charge is 2.28. The fourth-order valence-electron chi connectivity index (χ4n) is 3.61. The van der Waals surface area contributed by atoms with E-state index in [1.807, 2.05) is 30.3 Å². The monoisotopic (exact) mass is 442 g/mol. The van der Waals surface area contributed by atoms with E-state index >= 15 is 0 Å². The molecule has 1 aliphatic rings. The quantitative estimate of drug-likeness (QED) is 0.442. The number of hydrogen-bond acceptors (Lipinski definition) is 7. The zero-order valence-corrected chi connectivity index (χ0v) is 17.5. The molecule has 1 aliphatic heterocycles. The maximum absolute atomic E-state index is 12.8. The number of morpholine rings is 1. The number of nitrogens with one attached hydrogen (secondary N) is 1. The molecule has 10 heteroatoms. The molecule has 0 unspecified atom stereocenters. The van der Waals surface area contributed by atoms with E-state index in [4.69, 9.17) is 4.74 Å². The molecule has 0 saturated carbocycles. The Morgan fingerprint density at radius 3 is 2.68 bits per heavy atom. The maximum Gasteiger partial charge on any atom is 0.293 e. The van der Waals surface area contributed by atoms with Gasteiger partial charge in [0, 0.05) is 37.3 Å². The van der Waals surface area contributed by atoms with Crippen LogP contribution in [0.15, 0.2) is 59.6 Å². The normalized spacial score (nSPS) is 15.1. The summed E-state index contributed by atoms with van der Waals surface area (Å²) in [5.74, 6) is 0. The van der Waals surface area contributed by atoms with E-state index in [0.29, 0.717) is 26.2 Å². The first-order valence-electron chi connectivity index (χ1n) is 9.89. The van der Waals surface area contributed by atoms with E-state index in [9.17, 15) is 18.5 Å². The molecule has 0 bridgehead atoms. The topological polar surface area (TPSA) is 115 Å². The molecule has 0 spiro atoms. The van der Waals surface area contributed by atoms with E-state index in [0.717, 1.165) is 22.5 Å². The standard InChI is InChI=1S/C21H22N4O5S/c26-25(27)20-15-18(31(28,29)24-11-13-30-14-12-24)6-7-19(20)22-10-8-17-4-1-3-16-5-2-9-23-21(16)17/h1-7,9,15,22H,8,10-14H2. The van der Waals surface area contributed by atoms with Gasteiger partial charge in [-0.3, -0.25) is 15.1 Å². The molecule has 4 rings (SSSR count). The third-order valence-electron chi connectivity index (χ3n) is 5.20. The van der Waals surface area contributed by atoms with Crippen molar-refractivity contribution in [1.82, 2.24) is 9.29 Å². The summed E-state index contributed by atoms with van der Waals surface area (Å²) in [4.78, 5) is 15.4. The Morgan fingerprint density at radius 1 is 1.13 bits per heavy atom. The van der Waals surface area contributed by atoms with Crippen molar-refractivity contribution in [2.75, 3.05) is 38.2 Å². The van der Waals surface area contributed by atoms with Crippen LogP contribution in [0.5, 0.6) is 0 Å². The van der Waals surface area contributed by atoms with Gasteiger partial charge in [-0.2, -0.15) is 4.31 Å². The Kier molecular flexibility index (Phi) is 6.12. The van der Waals surface area contributed by atoms with Crippen LogP contribution in [-0.4, -0.2) is 55.5 Å². The fraction of sp³-hybridized carbons (Fsp3) is 0.286. The second kappa shape index (κ2) is 8.96. The minimum absolute atomic E-state index is 0.0927. The van der Waals surface area contributed by atoms with Gasteiger partial charge in [0.1, 0.15) is 5.69 Å². The Labute approximate surface area is 179 Å². The smallest absolute Gasteiger partial charge is 0.293 e. The molecule has 1 fully saturated rings. The molecule has 9 nitrogen and oxygen atoms in total. The molecule has 0 aliphatic carbocycles. The SMILES string of the molecule is O=[N+]([O-])c1cc(S(=O)(=O)N2CCOCC2)ccc1NCCc1cccc2cccnc12. The average Bonchev–Trinajstić information content (AvgIpc) is 2.80. The third-order valence-corrected chi connectivity index (χ3v) is 7.09. The fourth-order valence-corrected chi connectivity index (χ4v) is 5.04. The Hall–Kier alpha value is -3.08. The number of anilines is 1. The zero-order chi connectivity index (χ0) is 21.8. The molecule has 2 aromatic carbocycles. The van der Waals surface area contributed by atoms with Crippen molar-refractivity contribution in [3.05, 3.63) is 70.4 Å². The summed E-state index contributed by atoms with van der Waals surface area (Å²) in [7, 11) is -3.81. The van der Waals surface area contributed by atoms with E-state index in [-0.39, 0.29) is 29.4 Å². The molecule has 3 aromatic rings. The van der Waals surface area contributed by atoms with Crippen molar-refractivity contribution in [3.63, 3.8) is 0 Å². The van der Waals surface area contributed by atoms with Crippen molar-refractivity contribution in [1.29, 1.82) is 0 Å². The summed E-state index contributed by atoms with van der Waals surface area (Å²) < 4.78 is 32.1. The lowest BCUT2D eigenvalue weighted by Crippen LogP contribution is -2.40. The van der Waals surface area contributed by atoms with E-state index in [1.54, 1.807) is 6.20 Å². The summed E-state index contributed by atoms with van der Waals surface area (Å²) in [6.07, 6.45) is 2.34. The van der Waals surface area contributed by atoms with Crippen molar-refractivity contribution in [2.45, 2.75) is 11.3 Å². The maximum atomic E-state index is 12.8. The van der Waals surface area contributed by atoms with Crippen LogP contribution in [0.1, 0.15) is 5.56 Å². The van der Waals surface area contributed by atoms with Gasteiger partial charge in [0.25, 0.3) is 5.69 Å². The number of nitrogens with zero attached hydrogens (tertiary/aromatic N) is 3. The van der Waals surface area contributed by atoms with Crippen molar-refractivity contribution in [3.8, 4) is 0 Å². The molecule has 162 valence electrons. The molecule has 0 amide bonds. The molecule has 2 heterocycles. The number of nitro groups is 1. The lowest BCUT2D eigenvalue weighted by Gasteiger charge is -2.26. The minimum atomic E-state index is -3.81. The summed E-state index contributed by atoms with van der Waals surface area (Å²) in [6.45, 7) is 1.52. The number of aromatic nitrogens is 1. The summed E-state index contributed by atoms with van der Waals surface area (Å²) >= 11 is 0. The first kappa shape index (κ1) is 21.2. The lowest BCUT2D eigenvalue weighted by atomic mass is 10.1. The van der Waals surface area contributed by atoms with Crippen molar-refractivity contribution in [2.24, 2.45) is 0 Å². The van der Waals surface area contributed by atoms with Gasteiger partial charge in [0.05, 0.1) is 28.5 Å². The predicted octanol–water partition coefficient (Wildman–Crippen LogP) is 2.82. The van der Waals surface area contributed by atoms with Gasteiger partial charge in [0.15, 0.2) is 0 Å².